The van der Waals surface area contributed by atoms with Crippen LogP contribution in [0.3, 0.4) is 0 Å². The normalized spacial score (nSPS) is 12.3. The number of rotatable bonds is 4. The SMILES string of the molecule is O=C(NCc1cccc(CO)c1)C(F)(F)C(F)(F)F. The summed E-state index contributed by atoms with van der Waals surface area (Å²) < 4.78 is 60.8. The molecule has 0 spiro atoms. The molecule has 0 aliphatic carbocycles. The number of benzene rings is 1. The van der Waals surface area contributed by atoms with Crippen LogP contribution in [0.25, 0.3) is 0 Å². The molecule has 0 atom stereocenters. The Morgan fingerprint density at radius 2 is 1.74 bits per heavy atom. The Bertz CT molecular complexity index is 459. The lowest BCUT2D eigenvalue weighted by molar-refractivity contribution is -0.269. The fourth-order valence-corrected chi connectivity index (χ4v) is 1.26. The van der Waals surface area contributed by atoms with Gasteiger partial charge in [0.15, 0.2) is 0 Å². The van der Waals surface area contributed by atoms with E-state index in [0.29, 0.717) is 11.1 Å². The number of carbonyl (C=O) groups is 1. The Kier molecular flexibility index (Phi) is 4.46. The van der Waals surface area contributed by atoms with Crippen molar-refractivity contribution in [1.82, 2.24) is 5.32 Å². The maximum absolute atomic E-state index is 12.6. The van der Waals surface area contributed by atoms with E-state index in [1.54, 1.807) is 0 Å². The summed E-state index contributed by atoms with van der Waals surface area (Å²) in [5.74, 6) is -7.84. The van der Waals surface area contributed by atoms with Crippen LogP contribution < -0.4 is 5.32 Å². The minimum absolute atomic E-state index is 0.304. The smallest absolute Gasteiger partial charge is 0.392 e. The van der Waals surface area contributed by atoms with E-state index in [0.717, 1.165) is 0 Å². The maximum Gasteiger partial charge on any atom is 0.463 e. The van der Waals surface area contributed by atoms with E-state index in [4.69, 9.17) is 5.11 Å². The third kappa shape index (κ3) is 3.63. The summed E-state index contributed by atoms with van der Waals surface area (Å²) in [6, 6.07) is 5.82. The van der Waals surface area contributed by atoms with E-state index in [9.17, 15) is 26.7 Å². The van der Waals surface area contributed by atoms with E-state index >= 15 is 0 Å². The molecule has 1 rings (SSSR count). The number of amides is 1. The fraction of sp³-hybridized carbons (Fsp3) is 0.364. The van der Waals surface area contributed by atoms with E-state index < -0.39 is 24.6 Å². The van der Waals surface area contributed by atoms with Crippen molar-refractivity contribution in [2.75, 3.05) is 0 Å². The molecular formula is C11H10F5NO2. The first-order chi connectivity index (χ1) is 8.68. The van der Waals surface area contributed by atoms with Gasteiger partial charge in [0.25, 0.3) is 0 Å². The van der Waals surface area contributed by atoms with Crippen molar-refractivity contribution in [2.45, 2.75) is 25.3 Å². The van der Waals surface area contributed by atoms with Crippen molar-refractivity contribution in [3.05, 3.63) is 35.4 Å². The topological polar surface area (TPSA) is 49.3 Å². The van der Waals surface area contributed by atoms with Gasteiger partial charge in [0.1, 0.15) is 0 Å². The fourth-order valence-electron chi connectivity index (χ4n) is 1.26. The van der Waals surface area contributed by atoms with Gasteiger partial charge in [-0.1, -0.05) is 24.3 Å². The molecular weight excluding hydrogens is 273 g/mol. The molecule has 0 aliphatic heterocycles. The van der Waals surface area contributed by atoms with Gasteiger partial charge in [-0.3, -0.25) is 4.79 Å². The molecule has 3 nitrogen and oxygen atoms in total. The first-order valence-electron chi connectivity index (χ1n) is 5.10. The molecule has 0 unspecified atom stereocenters. The number of halogens is 5. The third-order valence-electron chi connectivity index (χ3n) is 2.27. The Balaban J connectivity index is 2.69. The molecule has 1 aromatic carbocycles. The monoisotopic (exact) mass is 283 g/mol. The van der Waals surface area contributed by atoms with Gasteiger partial charge >= 0.3 is 18.0 Å². The Labute approximate surface area is 105 Å². The predicted molar refractivity (Wildman–Crippen MR) is 55.2 cm³/mol. The third-order valence-corrected chi connectivity index (χ3v) is 2.27. The van der Waals surface area contributed by atoms with Crippen LogP contribution >= 0.6 is 0 Å². The van der Waals surface area contributed by atoms with Gasteiger partial charge in [-0.2, -0.15) is 22.0 Å². The lowest BCUT2D eigenvalue weighted by Gasteiger charge is -2.18. The van der Waals surface area contributed by atoms with Crippen molar-refractivity contribution >= 4 is 5.91 Å². The van der Waals surface area contributed by atoms with Crippen molar-refractivity contribution in [2.24, 2.45) is 0 Å². The highest BCUT2D eigenvalue weighted by Crippen LogP contribution is 2.35. The van der Waals surface area contributed by atoms with Crippen LogP contribution in [0.5, 0.6) is 0 Å². The zero-order valence-corrected chi connectivity index (χ0v) is 9.47. The molecule has 0 aliphatic rings. The molecule has 1 amide bonds. The number of alkyl halides is 5. The van der Waals surface area contributed by atoms with Crippen LogP contribution in [0.1, 0.15) is 11.1 Å². The molecule has 106 valence electrons. The summed E-state index contributed by atoms with van der Waals surface area (Å²) in [4.78, 5) is 10.8. The molecule has 0 bridgehead atoms. The van der Waals surface area contributed by atoms with Crippen LogP contribution in [0, 0.1) is 0 Å². The van der Waals surface area contributed by atoms with Crippen molar-refractivity contribution in [3.63, 3.8) is 0 Å². The van der Waals surface area contributed by atoms with E-state index in [-0.39, 0.29) is 6.61 Å². The summed E-state index contributed by atoms with van der Waals surface area (Å²) >= 11 is 0. The zero-order chi connectivity index (χ0) is 14.7. The molecule has 19 heavy (non-hydrogen) atoms. The molecule has 1 aromatic rings. The molecule has 0 saturated carbocycles. The van der Waals surface area contributed by atoms with Crippen LogP contribution in [0.2, 0.25) is 0 Å². The van der Waals surface area contributed by atoms with E-state index in [2.05, 4.69) is 0 Å². The minimum Gasteiger partial charge on any atom is -0.392 e. The number of carbonyl (C=O) groups excluding carboxylic acids is 1. The molecule has 0 aromatic heterocycles. The molecule has 0 saturated heterocycles. The number of hydrogen-bond donors (Lipinski definition) is 2. The van der Waals surface area contributed by atoms with Gasteiger partial charge in [-0.15, -0.1) is 0 Å². The van der Waals surface area contributed by atoms with E-state index in [1.165, 1.54) is 29.6 Å². The average molecular weight is 283 g/mol. The lowest BCUT2D eigenvalue weighted by atomic mass is 10.1. The van der Waals surface area contributed by atoms with Gasteiger partial charge in [-0.25, -0.2) is 0 Å². The van der Waals surface area contributed by atoms with E-state index in [1.807, 2.05) is 0 Å². The van der Waals surface area contributed by atoms with Crippen molar-refractivity contribution in [1.29, 1.82) is 0 Å². The molecule has 0 heterocycles. The van der Waals surface area contributed by atoms with Crippen LogP contribution in [-0.2, 0) is 17.9 Å². The maximum atomic E-state index is 12.6. The molecule has 2 N–H and O–H groups in total. The molecule has 8 heteroatoms. The number of hydrogen-bond acceptors (Lipinski definition) is 2. The highest BCUT2D eigenvalue weighted by molar-refractivity contribution is 5.84. The largest absolute Gasteiger partial charge is 0.463 e. The Morgan fingerprint density at radius 1 is 1.16 bits per heavy atom. The van der Waals surface area contributed by atoms with Crippen molar-refractivity contribution in [3.8, 4) is 0 Å². The summed E-state index contributed by atoms with van der Waals surface area (Å²) in [7, 11) is 0. The summed E-state index contributed by atoms with van der Waals surface area (Å²) in [5.41, 5.74) is 0.757. The standard InChI is InChI=1S/C11H10F5NO2/c12-10(13,11(14,15)16)9(19)17-5-7-2-1-3-8(4-7)6-18/h1-4,18H,5-6H2,(H,17,19). The lowest BCUT2D eigenvalue weighted by Crippen LogP contribution is -2.50. The second kappa shape index (κ2) is 5.52. The summed E-state index contributed by atoms with van der Waals surface area (Å²) in [6.07, 6.45) is -5.93. The highest BCUT2D eigenvalue weighted by atomic mass is 19.4. The molecule has 0 fully saturated rings. The summed E-state index contributed by atoms with van der Waals surface area (Å²) in [5, 5.41) is 10.3. The first-order valence-corrected chi connectivity index (χ1v) is 5.10. The summed E-state index contributed by atoms with van der Waals surface area (Å²) in [6.45, 7) is -0.793. The quantitative estimate of drug-likeness (QED) is 0.830. The highest BCUT2D eigenvalue weighted by Gasteiger charge is 2.63. The van der Waals surface area contributed by atoms with Gasteiger partial charge < -0.3 is 10.4 Å². The van der Waals surface area contributed by atoms with Gasteiger partial charge in [-0.05, 0) is 11.1 Å². The second-order valence-electron chi connectivity index (χ2n) is 3.73. The average Bonchev–Trinajstić information content (AvgIpc) is 2.34. The van der Waals surface area contributed by atoms with Crippen molar-refractivity contribution < 1.29 is 31.9 Å². The van der Waals surface area contributed by atoms with Crippen LogP contribution in [0.15, 0.2) is 24.3 Å². The first kappa shape index (κ1) is 15.4. The minimum atomic E-state index is -5.93. The Hall–Kier alpha value is -1.70. The van der Waals surface area contributed by atoms with Crippen LogP contribution in [0.4, 0.5) is 22.0 Å². The number of nitrogens with one attached hydrogen (secondary N) is 1. The predicted octanol–water partition coefficient (Wildman–Crippen LogP) is 1.99. The zero-order valence-electron chi connectivity index (χ0n) is 9.47. The Morgan fingerprint density at radius 3 is 2.26 bits per heavy atom. The van der Waals surface area contributed by atoms with Gasteiger partial charge in [0.2, 0.25) is 0 Å². The number of aliphatic hydroxyl groups is 1. The van der Waals surface area contributed by atoms with Crippen LogP contribution in [-0.4, -0.2) is 23.1 Å². The second-order valence-corrected chi connectivity index (χ2v) is 3.73. The van der Waals surface area contributed by atoms with Gasteiger partial charge in [0, 0.05) is 6.54 Å². The number of aliphatic hydroxyl groups excluding tert-OH is 1. The van der Waals surface area contributed by atoms with Gasteiger partial charge in [0.05, 0.1) is 6.61 Å². The molecule has 0 radical (unpaired) electrons.